The van der Waals surface area contributed by atoms with Crippen LogP contribution in [0.4, 0.5) is 18.9 Å². The molecule has 0 unspecified atom stereocenters. The number of benzene rings is 3. The average Bonchev–Trinajstić information content (AvgIpc) is 3.66. The fourth-order valence-electron chi connectivity index (χ4n) is 7.50. The Balaban J connectivity index is 1.06. The lowest BCUT2D eigenvalue weighted by molar-refractivity contribution is -0.141. The van der Waals surface area contributed by atoms with Gasteiger partial charge in [0.05, 0.1) is 23.1 Å². The van der Waals surface area contributed by atoms with E-state index in [1.807, 2.05) is 12.1 Å². The predicted molar refractivity (Wildman–Crippen MR) is 186 cm³/mol. The van der Waals surface area contributed by atoms with Crippen LogP contribution in [0.5, 0.6) is 5.88 Å². The second-order valence-electron chi connectivity index (χ2n) is 13.1. The molecule has 0 radical (unpaired) electrons. The van der Waals surface area contributed by atoms with Crippen molar-refractivity contribution >= 4 is 11.7 Å². The number of pyridine rings is 1. The molecule has 1 atom stereocenters. The van der Waals surface area contributed by atoms with Crippen molar-refractivity contribution in [2.75, 3.05) is 44.6 Å². The minimum Gasteiger partial charge on any atom is -0.474 e. The van der Waals surface area contributed by atoms with E-state index in [2.05, 4.69) is 68.6 Å². The van der Waals surface area contributed by atoms with E-state index < -0.39 is 23.6 Å². The third kappa shape index (κ3) is 7.41. The number of ether oxygens (including phenoxy) is 2. The minimum atomic E-state index is -4.63. The smallest absolute Gasteiger partial charge is 0.416 e. The SMILES string of the molecule is O=C(OCCN1CCN(C(c2ccccc2)c2ccccc2)CC1)C1=CNc2ccnc(OC3CCCC3)c2[C@H]1c1ccccc1C(F)(F)F. The third-order valence-electron chi connectivity index (χ3n) is 9.97. The van der Waals surface area contributed by atoms with Crippen molar-refractivity contribution in [1.82, 2.24) is 14.8 Å². The topological polar surface area (TPSA) is 66.9 Å². The molecule has 1 saturated heterocycles. The van der Waals surface area contributed by atoms with Gasteiger partial charge in [-0.25, -0.2) is 9.78 Å². The van der Waals surface area contributed by atoms with Crippen LogP contribution in [-0.2, 0) is 15.7 Å². The number of carbonyl (C=O) groups is 1. The zero-order valence-electron chi connectivity index (χ0n) is 27.8. The molecule has 7 rings (SSSR count). The molecule has 3 aromatic carbocycles. The summed E-state index contributed by atoms with van der Waals surface area (Å²) in [6, 6.07) is 28.2. The van der Waals surface area contributed by atoms with E-state index >= 15 is 0 Å². The van der Waals surface area contributed by atoms with Crippen molar-refractivity contribution in [3.05, 3.63) is 137 Å². The Morgan fingerprint density at radius 2 is 1.50 bits per heavy atom. The number of esters is 1. The highest BCUT2D eigenvalue weighted by molar-refractivity contribution is 5.94. The lowest BCUT2D eigenvalue weighted by atomic mass is 9.80. The number of anilines is 1. The molecular weight excluding hydrogens is 641 g/mol. The molecule has 50 heavy (non-hydrogen) atoms. The van der Waals surface area contributed by atoms with Crippen molar-refractivity contribution < 1.29 is 27.4 Å². The van der Waals surface area contributed by atoms with Gasteiger partial charge in [-0.2, -0.15) is 13.2 Å². The molecule has 1 N–H and O–H groups in total. The number of alkyl halides is 3. The average molecular weight is 683 g/mol. The van der Waals surface area contributed by atoms with Crippen LogP contribution in [0.2, 0.25) is 0 Å². The molecule has 3 heterocycles. The van der Waals surface area contributed by atoms with Gasteiger partial charge in [0.15, 0.2) is 0 Å². The van der Waals surface area contributed by atoms with E-state index in [-0.39, 0.29) is 35.8 Å². The highest BCUT2D eigenvalue weighted by Gasteiger charge is 2.41. The molecule has 7 nitrogen and oxygen atoms in total. The first-order valence-electron chi connectivity index (χ1n) is 17.4. The monoisotopic (exact) mass is 682 g/mol. The summed E-state index contributed by atoms with van der Waals surface area (Å²) >= 11 is 0. The summed E-state index contributed by atoms with van der Waals surface area (Å²) in [5.74, 6) is -1.52. The van der Waals surface area contributed by atoms with Gasteiger partial charge in [0.2, 0.25) is 5.88 Å². The number of fused-ring (bicyclic) bond motifs is 1. The van der Waals surface area contributed by atoms with E-state index in [1.54, 1.807) is 18.3 Å². The number of nitrogens with one attached hydrogen (secondary N) is 1. The number of hydrogen-bond acceptors (Lipinski definition) is 7. The maximum atomic E-state index is 14.4. The zero-order chi connectivity index (χ0) is 34.5. The molecular formula is C40H41F3N4O3. The summed E-state index contributed by atoms with van der Waals surface area (Å²) in [5.41, 5.74) is 2.67. The molecule has 1 saturated carbocycles. The van der Waals surface area contributed by atoms with Crippen LogP contribution in [0.25, 0.3) is 0 Å². The molecule has 2 aliphatic heterocycles. The maximum Gasteiger partial charge on any atom is 0.416 e. The van der Waals surface area contributed by atoms with E-state index in [4.69, 9.17) is 9.47 Å². The van der Waals surface area contributed by atoms with Crippen molar-refractivity contribution in [1.29, 1.82) is 0 Å². The second-order valence-corrected chi connectivity index (χ2v) is 13.1. The molecule has 4 aromatic rings. The summed E-state index contributed by atoms with van der Waals surface area (Å²) in [6.45, 7) is 3.87. The van der Waals surface area contributed by atoms with Crippen molar-refractivity contribution in [2.24, 2.45) is 0 Å². The van der Waals surface area contributed by atoms with Crippen molar-refractivity contribution in [3.8, 4) is 5.88 Å². The fourth-order valence-corrected chi connectivity index (χ4v) is 7.50. The highest BCUT2D eigenvalue weighted by atomic mass is 19.4. The van der Waals surface area contributed by atoms with Crippen LogP contribution in [-0.4, -0.2) is 66.2 Å². The van der Waals surface area contributed by atoms with Gasteiger partial charge >= 0.3 is 12.1 Å². The number of hydrogen-bond donors (Lipinski definition) is 1. The van der Waals surface area contributed by atoms with Crippen LogP contribution in [0, 0.1) is 0 Å². The van der Waals surface area contributed by atoms with Crippen LogP contribution >= 0.6 is 0 Å². The van der Waals surface area contributed by atoms with E-state index in [0.717, 1.165) is 57.9 Å². The maximum absolute atomic E-state index is 14.4. The first kappa shape index (κ1) is 33.8. The van der Waals surface area contributed by atoms with Crippen molar-refractivity contribution in [3.63, 3.8) is 0 Å². The number of carbonyl (C=O) groups excluding carboxylic acids is 1. The number of halogens is 3. The van der Waals surface area contributed by atoms with Crippen LogP contribution in [0.1, 0.15) is 65.5 Å². The molecule has 2 fully saturated rings. The van der Waals surface area contributed by atoms with E-state index in [9.17, 15) is 18.0 Å². The van der Waals surface area contributed by atoms with Crippen LogP contribution in [0.15, 0.2) is 109 Å². The Morgan fingerprint density at radius 3 is 2.16 bits per heavy atom. The number of aromatic nitrogens is 1. The molecule has 0 bridgehead atoms. The summed E-state index contributed by atoms with van der Waals surface area (Å²) in [4.78, 5) is 23.0. The largest absolute Gasteiger partial charge is 0.474 e. The zero-order valence-corrected chi connectivity index (χ0v) is 27.8. The third-order valence-corrected chi connectivity index (χ3v) is 9.97. The van der Waals surface area contributed by atoms with Gasteiger partial charge in [-0.3, -0.25) is 9.80 Å². The van der Waals surface area contributed by atoms with Crippen molar-refractivity contribution in [2.45, 2.75) is 49.9 Å². The van der Waals surface area contributed by atoms with Gasteiger partial charge in [-0.1, -0.05) is 78.9 Å². The molecule has 1 aromatic heterocycles. The van der Waals surface area contributed by atoms with E-state index in [0.29, 0.717) is 17.8 Å². The molecule has 0 spiro atoms. The Labute approximate surface area is 290 Å². The van der Waals surface area contributed by atoms with Gasteiger partial charge in [0, 0.05) is 56.4 Å². The van der Waals surface area contributed by atoms with Gasteiger partial charge in [-0.05, 0) is 54.5 Å². The summed E-state index contributed by atoms with van der Waals surface area (Å²) in [6.07, 6.45) is 2.06. The van der Waals surface area contributed by atoms with E-state index in [1.165, 1.54) is 29.5 Å². The second kappa shape index (κ2) is 15.1. The first-order chi connectivity index (χ1) is 24.4. The molecule has 0 amide bonds. The van der Waals surface area contributed by atoms with Gasteiger partial charge < -0.3 is 14.8 Å². The van der Waals surface area contributed by atoms with Gasteiger partial charge in [0.25, 0.3) is 0 Å². The molecule has 10 heteroatoms. The highest BCUT2D eigenvalue weighted by Crippen LogP contribution is 2.48. The summed E-state index contributed by atoms with van der Waals surface area (Å²) in [5, 5.41) is 3.12. The van der Waals surface area contributed by atoms with Crippen LogP contribution < -0.4 is 10.1 Å². The standard InChI is InChI=1S/C40H41F3N4O3/c41-40(42,43)33-18-10-9-17-31(33)35-32(27-45-34-19-20-44-38(36(34)35)50-30-15-7-8-16-30)39(48)49-26-25-46-21-23-47(24-22-46)37(28-11-3-1-4-12-28)29-13-5-2-6-14-29/h1-6,9-14,17-20,27,30,35,37,45H,7-8,15-16,21-26H2/t35-/m0/s1. The van der Waals surface area contributed by atoms with Gasteiger partial charge in [-0.15, -0.1) is 0 Å². The van der Waals surface area contributed by atoms with Gasteiger partial charge in [0.1, 0.15) is 12.7 Å². The lowest BCUT2D eigenvalue weighted by Gasteiger charge is -2.39. The predicted octanol–water partition coefficient (Wildman–Crippen LogP) is 7.81. The molecule has 260 valence electrons. The summed E-state index contributed by atoms with van der Waals surface area (Å²) < 4.78 is 55.3. The Bertz CT molecular complexity index is 1750. The normalized spacial score (nSPS) is 18.7. The number of nitrogens with zero attached hydrogens (tertiary/aromatic N) is 3. The Kier molecular flexibility index (Phi) is 10.2. The fraction of sp³-hybridized carbons (Fsp3) is 0.350. The van der Waals surface area contributed by atoms with Crippen LogP contribution in [0.3, 0.4) is 0 Å². The molecule has 1 aliphatic carbocycles. The molecule has 3 aliphatic rings. The lowest BCUT2D eigenvalue weighted by Crippen LogP contribution is -2.48. The Hall–Kier alpha value is -4.67. The first-order valence-corrected chi connectivity index (χ1v) is 17.4. The number of rotatable bonds is 10. The Morgan fingerprint density at radius 1 is 0.860 bits per heavy atom. The number of piperazine rings is 1. The minimum absolute atomic E-state index is 0.0438. The quantitative estimate of drug-likeness (QED) is 0.171. The summed E-state index contributed by atoms with van der Waals surface area (Å²) in [7, 11) is 0.